The summed E-state index contributed by atoms with van der Waals surface area (Å²) in [5.41, 5.74) is 10.9. The number of aromatic hydroxyl groups is 4. The van der Waals surface area contributed by atoms with Gasteiger partial charge in [-0.2, -0.15) is 22.8 Å². The summed E-state index contributed by atoms with van der Waals surface area (Å²) in [6.07, 6.45) is -6.64. The first-order chi connectivity index (χ1) is 58.2. The van der Waals surface area contributed by atoms with Gasteiger partial charge in [-0.15, -0.1) is 11.8 Å². The predicted octanol–water partition coefficient (Wildman–Crippen LogP) is 2.16. The van der Waals surface area contributed by atoms with Crippen LogP contribution < -0.4 is 46.9 Å². The minimum atomic E-state index is -2.21. The molecule has 4 aliphatic carbocycles. The number of phenols is 4. The summed E-state index contributed by atoms with van der Waals surface area (Å²) in [6.45, 7) is 1.35. The average molecular weight is 1720 g/mol. The van der Waals surface area contributed by atoms with Gasteiger partial charge in [0.25, 0.3) is 11.8 Å². The molecule has 9 unspecified atom stereocenters. The lowest BCUT2D eigenvalue weighted by atomic mass is 9.71. The van der Waals surface area contributed by atoms with Crippen molar-refractivity contribution in [3.05, 3.63) is 175 Å². The predicted molar refractivity (Wildman–Crippen MR) is 438 cm³/mol. The number of amides is 7. The number of carbonyl (C=O) groups excluding carboxylic acids is 11. The molecule has 0 saturated carbocycles. The number of anilines is 2. The van der Waals surface area contributed by atoms with Crippen LogP contribution in [0.25, 0.3) is 0 Å². The number of carbonyl (C=O) groups is 11. The molecule has 3 fully saturated rings. The molecule has 8 aliphatic rings. The number of rotatable bonds is 23. The van der Waals surface area contributed by atoms with Crippen molar-refractivity contribution in [1.82, 2.24) is 16.2 Å². The monoisotopic (exact) mass is 1720 g/mol. The number of ketones is 4. The summed E-state index contributed by atoms with van der Waals surface area (Å²) in [4.78, 5) is 145. The van der Waals surface area contributed by atoms with Gasteiger partial charge in [-0.3, -0.25) is 52.7 Å². The van der Waals surface area contributed by atoms with Gasteiger partial charge >= 0.3 is 0 Å². The van der Waals surface area contributed by atoms with E-state index in [-0.39, 0.29) is 124 Å². The molecule has 0 radical (unpaired) electrons. The molecule has 14 rings (SSSR count). The highest BCUT2D eigenvalue weighted by Gasteiger charge is 2.53. The lowest BCUT2D eigenvalue weighted by Gasteiger charge is -2.43. The molecule has 7 amide bonds. The van der Waals surface area contributed by atoms with Crippen LogP contribution in [0.3, 0.4) is 0 Å². The molecular formula is C84H91N9O27S2. The second-order valence-corrected chi connectivity index (χ2v) is 31.3. The van der Waals surface area contributed by atoms with Gasteiger partial charge in [-0.1, -0.05) is 48.5 Å². The van der Waals surface area contributed by atoms with E-state index in [1.54, 1.807) is 68.6 Å². The lowest BCUT2D eigenvalue weighted by molar-refractivity contribution is -0.246. The molecular weight excluding hydrogens is 1630 g/mol. The van der Waals surface area contributed by atoms with E-state index < -0.39 is 220 Å². The largest absolute Gasteiger partial charge is 0.507 e. The quantitative estimate of drug-likeness (QED) is 0.0143. The van der Waals surface area contributed by atoms with Gasteiger partial charge in [0, 0.05) is 122 Å². The maximum Gasteiger partial charge on any atom is 0.258 e. The molecule has 3 saturated heterocycles. The van der Waals surface area contributed by atoms with Gasteiger partial charge in [0.1, 0.15) is 45.7 Å². The second-order valence-electron chi connectivity index (χ2n) is 30.1. The Morgan fingerprint density at radius 1 is 0.566 bits per heavy atom. The highest BCUT2D eigenvalue weighted by Crippen LogP contribution is 2.55. The standard InChI is InChI=1S/C43H47N5O14S.C40H40N4O13.CH4S/c1-19-37(53)24(44)13-32(61-19)62-26-16-43(59,15-23-34(26)41(57)36-35(39(23)55)38(54)22-5-4-6-25(60-3)33(22)40(36)56)28(17-49)46-47-29(50)12-9-20-7-10-21(11-8-20)48-31(52)14-27(42(48)58)63-18-30(51)45-2;1-18-35(49)23(41)14-30(56-18)57-25-16-40(54,26(17-45)42-43-27(46)11-8-19-6-9-20(10-7-19)44-28(47)12-13-29(44)48)15-22-32(25)39(53)34-33(37(22)51)36(50)21-4-3-5-24(55-2)31(21)38(34)52;1-2/h4-8,10-11,19,24,26-27,32,37,49,53,55,57,59H,9,12-18,44H2,1-3H3,(H,45,51)(H,47,50);3-7,9-10,12-13,18,23,25,30,35,45,49,51,53-54H,8,11,14-17,41H2,1-2H3,(H,43,46);2H,1H3/b46-28+;42-26+;/t19?,24?,26-,27?,32?,37?,43-;18?,23?,25-,30?,35?,40-;/m00./s1. The zero-order valence-electron chi connectivity index (χ0n) is 66.7. The molecule has 38 heteroatoms. The molecule has 4 aliphatic heterocycles. The van der Waals surface area contributed by atoms with Crippen molar-refractivity contribution in [3.63, 3.8) is 0 Å². The number of aryl methyl sites for hydroxylation is 2. The van der Waals surface area contributed by atoms with Crippen molar-refractivity contribution in [2.24, 2.45) is 21.7 Å². The SMILES string of the molecule is CNC(=O)CSC1CC(=O)N(c2ccc(CCC(=O)N/N=C(\CO)[C@]3(O)Cc4c(O)c5c(c(O)c4[C@@H](OC4CC(N)C(O)C(C)O4)C3)C(=O)c3c(OC)cccc3C5=O)cc2)C1=O.COc1cccc2c1C(=O)c1c(O)c3c(c(O)c1C2=O)C[C@@](O)(/C(CO)=N/NC(=O)CCc1ccc(N2C(=O)C=CC2=O)cc1)C[C@@H]3OC1CC(N)C(O)C(C)O1.CS. The molecule has 122 heavy (non-hydrogen) atoms. The van der Waals surface area contributed by atoms with Crippen LogP contribution in [-0.2, 0) is 78.2 Å². The maximum absolute atomic E-state index is 14.0. The molecule has 0 bridgehead atoms. The Kier molecular flexibility index (Phi) is 27.5. The third kappa shape index (κ3) is 17.5. The van der Waals surface area contributed by atoms with E-state index in [0.29, 0.717) is 22.5 Å². The van der Waals surface area contributed by atoms with Crippen molar-refractivity contribution >= 4 is 112 Å². The van der Waals surface area contributed by atoms with Crippen LogP contribution in [0.15, 0.2) is 107 Å². The van der Waals surface area contributed by atoms with E-state index in [0.717, 1.165) is 21.6 Å². The number of imide groups is 2. The minimum absolute atomic E-state index is 0.0269. The second kappa shape index (κ2) is 37.2. The summed E-state index contributed by atoms with van der Waals surface area (Å²) in [5, 5.41) is 124. The van der Waals surface area contributed by atoms with Gasteiger partial charge in [-0.05, 0) is 80.5 Å². The van der Waals surface area contributed by atoms with Gasteiger partial charge in [0.15, 0.2) is 24.1 Å². The van der Waals surface area contributed by atoms with E-state index in [2.05, 4.69) is 39.0 Å². The highest BCUT2D eigenvalue weighted by molar-refractivity contribution is 8.01. The molecule has 13 atom stereocenters. The van der Waals surface area contributed by atoms with Gasteiger partial charge in [-0.25, -0.2) is 20.7 Å². The zero-order chi connectivity index (χ0) is 88.4. The molecule has 36 nitrogen and oxygen atoms in total. The van der Waals surface area contributed by atoms with E-state index in [1.165, 1.54) is 69.8 Å². The van der Waals surface area contributed by atoms with E-state index in [9.17, 15) is 104 Å². The lowest BCUT2D eigenvalue weighted by Crippen LogP contribution is -2.53. The van der Waals surface area contributed by atoms with Gasteiger partial charge in [0.05, 0.1) is 131 Å². The average Bonchev–Trinajstić information content (AvgIpc) is 0.768. The topological polar surface area (TPSA) is 565 Å². The first-order valence-electron chi connectivity index (χ1n) is 38.7. The Morgan fingerprint density at radius 2 is 0.959 bits per heavy atom. The maximum atomic E-state index is 14.0. The van der Waals surface area contributed by atoms with Crippen molar-refractivity contribution in [1.29, 1.82) is 0 Å². The van der Waals surface area contributed by atoms with E-state index in [1.807, 2.05) is 0 Å². The van der Waals surface area contributed by atoms with Crippen LogP contribution in [0.1, 0.15) is 168 Å². The number of thiol groups is 1. The number of benzene rings is 6. The number of methoxy groups -OCH3 is 2. The summed E-state index contributed by atoms with van der Waals surface area (Å²) in [7, 11) is 4.11. The van der Waals surface area contributed by atoms with Crippen molar-refractivity contribution in [2.75, 3.05) is 56.3 Å². The first-order valence-corrected chi connectivity index (χ1v) is 40.6. The van der Waals surface area contributed by atoms with Crippen molar-refractivity contribution < 1.29 is 132 Å². The number of ether oxygens (including phenoxy) is 6. The summed E-state index contributed by atoms with van der Waals surface area (Å²) in [6, 6.07) is 20.0. The summed E-state index contributed by atoms with van der Waals surface area (Å²) in [5.74, 6) is -9.11. The Balaban J connectivity index is 0.000000220. The van der Waals surface area contributed by atoms with Crippen molar-refractivity contribution in [2.45, 2.75) is 162 Å². The smallest absolute Gasteiger partial charge is 0.258 e. The third-order valence-electron chi connectivity index (χ3n) is 22.6. The summed E-state index contributed by atoms with van der Waals surface area (Å²) < 4.78 is 34.9. The van der Waals surface area contributed by atoms with Gasteiger partial charge in [0.2, 0.25) is 41.1 Å². The third-order valence-corrected chi connectivity index (χ3v) is 23.8. The highest BCUT2D eigenvalue weighted by atomic mass is 32.2. The number of fused-ring (bicyclic) bond motifs is 6. The number of nitrogens with two attached hydrogens (primary N) is 2. The van der Waals surface area contributed by atoms with Crippen LogP contribution >= 0.6 is 24.4 Å². The number of thioether (sulfide) groups is 1. The number of aliphatic hydroxyl groups is 6. The van der Waals surface area contributed by atoms with E-state index >= 15 is 0 Å². The van der Waals surface area contributed by atoms with Crippen LogP contribution in [0.4, 0.5) is 11.4 Å². The fourth-order valence-electron chi connectivity index (χ4n) is 16.2. The number of aliphatic hydroxyl groups excluding tert-OH is 4. The molecule has 17 N–H and O–H groups in total. The van der Waals surface area contributed by atoms with Gasteiger partial charge < -0.3 is 96.3 Å². The molecule has 0 aromatic heterocycles. The Morgan fingerprint density at radius 3 is 1.34 bits per heavy atom. The number of nitrogens with zero attached hydrogens (tertiary/aromatic N) is 4. The van der Waals surface area contributed by atoms with Crippen LogP contribution in [-0.4, -0.2) is 239 Å². The number of hydrogen-bond donors (Lipinski definition) is 16. The zero-order valence-corrected chi connectivity index (χ0v) is 68.4. The Hall–Kier alpha value is -11.2. The molecule has 4 heterocycles. The number of nitrogens with one attached hydrogen (secondary N) is 3. The molecule has 6 aromatic rings. The van der Waals surface area contributed by atoms with E-state index in [4.69, 9.17) is 39.9 Å². The normalized spacial score (nSPS) is 25.3. The van der Waals surface area contributed by atoms with Crippen LogP contribution in [0.2, 0.25) is 0 Å². The van der Waals surface area contributed by atoms with Crippen molar-refractivity contribution in [3.8, 4) is 34.5 Å². The number of hydrogen-bond acceptors (Lipinski definition) is 33. The summed E-state index contributed by atoms with van der Waals surface area (Å²) >= 11 is 4.61. The minimum Gasteiger partial charge on any atom is -0.507 e. The molecule has 646 valence electrons. The number of hydrazone groups is 2. The molecule has 6 aromatic carbocycles. The van der Waals surface area contributed by atoms with Crippen LogP contribution in [0, 0.1) is 0 Å². The first kappa shape index (κ1) is 90.0. The molecule has 0 spiro atoms. The fraction of sp³-hybridized carbons (Fsp3) is 0.393. The fourth-order valence-corrected chi connectivity index (χ4v) is 17.2. The Bertz CT molecular complexity index is 5270. The van der Waals surface area contributed by atoms with Crippen LogP contribution in [0.5, 0.6) is 34.5 Å². The Labute approximate surface area is 706 Å². The number of phenolic OH excluding ortho intramolecular Hbond substituents is 4.